The molecular weight excluding hydrogens is 542 g/mol. The zero-order valence-electron chi connectivity index (χ0n) is 21.0. The van der Waals surface area contributed by atoms with Crippen LogP contribution in [0.15, 0.2) is 36.8 Å². The summed E-state index contributed by atoms with van der Waals surface area (Å²) in [6.07, 6.45) is 3.27. The van der Waals surface area contributed by atoms with Crippen LogP contribution in [0.3, 0.4) is 0 Å². The molecule has 0 aromatic carbocycles. The number of amides is 2. The number of methoxy groups -OCH3 is 1. The molecule has 2 aliphatic rings. The second-order valence-electron chi connectivity index (χ2n) is 9.00. The topological polar surface area (TPSA) is 128 Å². The monoisotopic (exact) mass is 562 g/mol. The van der Waals surface area contributed by atoms with Gasteiger partial charge in [-0.05, 0) is 37.0 Å². The minimum absolute atomic E-state index is 0.0452. The molecule has 4 aromatic heterocycles. The van der Waals surface area contributed by atoms with Crippen LogP contribution in [0, 0.1) is 17.8 Å². The highest BCUT2D eigenvalue weighted by Gasteiger charge is 2.29. The summed E-state index contributed by atoms with van der Waals surface area (Å²) in [7, 11) is 1.37. The van der Waals surface area contributed by atoms with Crippen LogP contribution in [-0.4, -0.2) is 55.4 Å². The van der Waals surface area contributed by atoms with Crippen LogP contribution in [0.1, 0.15) is 50.8 Å². The first-order valence-electron chi connectivity index (χ1n) is 12.2. The summed E-state index contributed by atoms with van der Waals surface area (Å²) in [5.74, 6) is 5.89. The second kappa shape index (κ2) is 10.4. The van der Waals surface area contributed by atoms with Crippen molar-refractivity contribution in [1.29, 1.82) is 0 Å². The van der Waals surface area contributed by atoms with Crippen molar-refractivity contribution < 1.29 is 23.1 Å². The Labute approximate surface area is 230 Å². The summed E-state index contributed by atoms with van der Waals surface area (Å²) in [4.78, 5) is 36.2. The molecule has 0 atom stereocenters. The highest BCUT2D eigenvalue weighted by Crippen LogP contribution is 2.37. The molecule has 0 spiro atoms. The first kappa shape index (κ1) is 25.5. The molecule has 40 heavy (non-hydrogen) atoms. The van der Waals surface area contributed by atoms with E-state index in [4.69, 9.17) is 4.74 Å². The van der Waals surface area contributed by atoms with Gasteiger partial charge in [-0.15, -0.1) is 10.2 Å². The van der Waals surface area contributed by atoms with Crippen molar-refractivity contribution in [2.45, 2.75) is 25.8 Å². The van der Waals surface area contributed by atoms with E-state index in [-0.39, 0.29) is 45.8 Å². The molecule has 11 nitrogen and oxygen atoms in total. The van der Waals surface area contributed by atoms with Gasteiger partial charge >= 0.3 is 0 Å². The first-order valence-corrected chi connectivity index (χ1v) is 13.1. The molecule has 2 amide bonds. The quantitative estimate of drug-likeness (QED) is 0.352. The lowest BCUT2D eigenvalue weighted by molar-refractivity contribution is 0.0961. The predicted molar refractivity (Wildman–Crippen MR) is 140 cm³/mol. The molecule has 5 heterocycles. The maximum Gasteiger partial charge on any atom is 0.280 e. The number of anilines is 2. The SMILES string of the molecule is COc1cnc(C(F)F)cc1-c1cc(N2CCn3nccc3C2=O)ncc1C(=O)Nc1nnc(C#CC2CC2)s1. The van der Waals surface area contributed by atoms with E-state index in [2.05, 4.69) is 42.4 Å². The standard InChI is InChI=1S/C26H20F2N8O3S/c1-39-20-13-29-18(23(27)28)10-16(20)15-11-21(35-8-9-36-19(25(35)38)6-7-31-36)30-12-17(15)24(37)32-26-34-33-22(40-26)5-4-14-2-3-14/h6-7,10-14,23H,2-3,8-9H2,1H3,(H,32,34,37). The Hall–Kier alpha value is -4.77. The fourth-order valence-corrected chi connectivity index (χ4v) is 4.77. The number of carbonyl (C=O) groups is 2. The van der Waals surface area contributed by atoms with Crippen LogP contribution >= 0.6 is 11.3 Å². The van der Waals surface area contributed by atoms with Crippen LogP contribution in [-0.2, 0) is 6.54 Å². The lowest BCUT2D eigenvalue weighted by Gasteiger charge is -2.27. The van der Waals surface area contributed by atoms with Gasteiger partial charge in [-0.25, -0.2) is 13.8 Å². The number of aromatic nitrogens is 6. The number of rotatable bonds is 6. The molecule has 1 aliphatic heterocycles. The Balaban J connectivity index is 1.39. The molecule has 202 valence electrons. The van der Waals surface area contributed by atoms with Crippen LogP contribution < -0.4 is 15.0 Å². The third-order valence-electron chi connectivity index (χ3n) is 6.36. The molecule has 4 aromatic rings. The first-order chi connectivity index (χ1) is 19.4. The zero-order chi connectivity index (χ0) is 27.8. The van der Waals surface area contributed by atoms with Crippen LogP contribution in [0.25, 0.3) is 11.1 Å². The van der Waals surface area contributed by atoms with Gasteiger partial charge in [0.25, 0.3) is 18.2 Å². The Morgan fingerprint density at radius 2 is 2.02 bits per heavy atom. The minimum Gasteiger partial charge on any atom is -0.494 e. The van der Waals surface area contributed by atoms with Gasteiger partial charge in [0.2, 0.25) is 5.13 Å². The van der Waals surface area contributed by atoms with Gasteiger partial charge in [-0.3, -0.25) is 29.5 Å². The summed E-state index contributed by atoms with van der Waals surface area (Å²) in [5, 5.41) is 15.5. The number of nitrogens with one attached hydrogen (secondary N) is 1. The third-order valence-corrected chi connectivity index (χ3v) is 7.11. The van der Waals surface area contributed by atoms with E-state index in [1.807, 2.05) is 0 Å². The molecule has 0 radical (unpaired) electrons. The van der Waals surface area contributed by atoms with Crippen molar-refractivity contribution in [2.75, 3.05) is 23.9 Å². The number of carbonyl (C=O) groups excluding carboxylic acids is 2. The summed E-state index contributed by atoms with van der Waals surface area (Å²) in [5.41, 5.74) is 0.332. The van der Waals surface area contributed by atoms with Gasteiger partial charge in [-0.1, -0.05) is 17.3 Å². The number of pyridine rings is 2. The maximum atomic E-state index is 13.6. The van der Waals surface area contributed by atoms with E-state index in [0.717, 1.165) is 30.2 Å². The number of hydrogen-bond donors (Lipinski definition) is 1. The Morgan fingerprint density at radius 3 is 2.80 bits per heavy atom. The molecular formula is C26H20F2N8O3S. The largest absolute Gasteiger partial charge is 0.494 e. The molecule has 14 heteroatoms. The molecule has 1 fully saturated rings. The van der Waals surface area contributed by atoms with Gasteiger partial charge in [0, 0.05) is 36.0 Å². The van der Waals surface area contributed by atoms with Crippen molar-refractivity contribution in [3.8, 4) is 28.7 Å². The Morgan fingerprint density at radius 1 is 1.18 bits per heavy atom. The Bertz CT molecular complexity index is 1690. The van der Waals surface area contributed by atoms with Gasteiger partial charge in [0.1, 0.15) is 23.0 Å². The lowest BCUT2D eigenvalue weighted by Crippen LogP contribution is -2.41. The summed E-state index contributed by atoms with van der Waals surface area (Å²) in [6, 6.07) is 4.25. The number of halogens is 2. The number of nitrogens with zero attached hydrogens (tertiary/aromatic N) is 7. The molecule has 1 aliphatic carbocycles. The van der Waals surface area contributed by atoms with E-state index in [0.29, 0.717) is 23.2 Å². The van der Waals surface area contributed by atoms with Gasteiger partial charge in [0.05, 0.1) is 25.4 Å². The van der Waals surface area contributed by atoms with Crippen molar-refractivity contribution in [1.82, 2.24) is 29.9 Å². The van der Waals surface area contributed by atoms with Crippen molar-refractivity contribution in [3.05, 3.63) is 58.7 Å². The van der Waals surface area contributed by atoms with Crippen molar-refractivity contribution in [2.24, 2.45) is 5.92 Å². The van der Waals surface area contributed by atoms with E-state index >= 15 is 0 Å². The third kappa shape index (κ3) is 4.98. The summed E-state index contributed by atoms with van der Waals surface area (Å²) >= 11 is 1.12. The van der Waals surface area contributed by atoms with Crippen LogP contribution in [0.4, 0.5) is 19.7 Å². The molecule has 1 N–H and O–H groups in total. The molecule has 0 bridgehead atoms. The van der Waals surface area contributed by atoms with Gasteiger partial charge in [-0.2, -0.15) is 5.10 Å². The molecule has 6 rings (SSSR count). The number of fused-ring (bicyclic) bond motifs is 1. The van der Waals surface area contributed by atoms with E-state index in [9.17, 15) is 18.4 Å². The highest BCUT2D eigenvalue weighted by molar-refractivity contribution is 7.15. The van der Waals surface area contributed by atoms with E-state index < -0.39 is 18.0 Å². The molecule has 1 saturated carbocycles. The fraction of sp³-hybridized carbons (Fsp3) is 0.269. The molecule has 0 unspecified atom stereocenters. The average Bonchev–Trinajstić information content (AvgIpc) is 3.47. The minimum atomic E-state index is -2.86. The second-order valence-corrected chi connectivity index (χ2v) is 9.98. The predicted octanol–water partition coefficient (Wildman–Crippen LogP) is 3.81. The average molecular weight is 563 g/mol. The lowest BCUT2D eigenvalue weighted by atomic mass is 9.99. The zero-order valence-corrected chi connectivity index (χ0v) is 21.8. The number of ether oxygens (including phenoxy) is 1. The summed E-state index contributed by atoms with van der Waals surface area (Å²) in [6.45, 7) is 0.709. The maximum absolute atomic E-state index is 13.6. The normalized spacial score (nSPS) is 14.5. The smallest absolute Gasteiger partial charge is 0.280 e. The summed E-state index contributed by atoms with van der Waals surface area (Å²) < 4.78 is 34.2. The van der Waals surface area contributed by atoms with Crippen molar-refractivity contribution >= 4 is 34.1 Å². The molecule has 0 saturated heterocycles. The fourth-order valence-electron chi connectivity index (χ4n) is 4.17. The van der Waals surface area contributed by atoms with Gasteiger partial charge in [0.15, 0.2) is 5.01 Å². The van der Waals surface area contributed by atoms with Crippen LogP contribution in [0.2, 0.25) is 0 Å². The van der Waals surface area contributed by atoms with Crippen LogP contribution in [0.5, 0.6) is 5.75 Å². The Kier molecular flexibility index (Phi) is 6.64. The number of alkyl halides is 2. The van der Waals surface area contributed by atoms with E-state index in [1.54, 1.807) is 10.7 Å². The highest BCUT2D eigenvalue weighted by atomic mass is 32.1. The van der Waals surface area contributed by atoms with E-state index in [1.165, 1.54) is 36.7 Å². The van der Waals surface area contributed by atoms with Crippen molar-refractivity contribution in [3.63, 3.8) is 0 Å². The van der Waals surface area contributed by atoms with Gasteiger partial charge < -0.3 is 4.74 Å². The number of hydrogen-bond acceptors (Lipinski definition) is 9.